The standard InChI is InChI=1S/C13H10BrNOS/c14-10-6-8-11(9-7-10)15-13(17)16-12-4-2-1-3-5-12/h1-9H,(H,15,17). The van der Waals surface area contributed by atoms with Gasteiger partial charge in [0.05, 0.1) is 0 Å². The third kappa shape index (κ3) is 3.84. The van der Waals surface area contributed by atoms with E-state index in [1.54, 1.807) is 0 Å². The molecule has 0 unspecified atom stereocenters. The van der Waals surface area contributed by atoms with Crippen LogP contribution in [-0.4, -0.2) is 5.17 Å². The Hall–Kier alpha value is -1.39. The summed E-state index contributed by atoms with van der Waals surface area (Å²) in [5.41, 5.74) is 0.897. The van der Waals surface area contributed by atoms with Crippen molar-refractivity contribution in [2.45, 2.75) is 0 Å². The molecule has 0 atom stereocenters. The smallest absolute Gasteiger partial charge is 0.266 e. The van der Waals surface area contributed by atoms with Gasteiger partial charge in [0.25, 0.3) is 5.17 Å². The van der Waals surface area contributed by atoms with Gasteiger partial charge in [-0.3, -0.25) is 0 Å². The fraction of sp³-hybridized carbons (Fsp3) is 0. The zero-order valence-corrected chi connectivity index (χ0v) is 11.3. The Bertz CT molecular complexity index is 499. The second-order valence-electron chi connectivity index (χ2n) is 3.33. The minimum Gasteiger partial charge on any atom is -0.432 e. The van der Waals surface area contributed by atoms with Gasteiger partial charge in [0.1, 0.15) is 5.75 Å². The molecule has 4 heteroatoms. The molecule has 0 spiro atoms. The van der Waals surface area contributed by atoms with E-state index in [0.717, 1.165) is 15.9 Å². The van der Waals surface area contributed by atoms with Gasteiger partial charge < -0.3 is 10.1 Å². The monoisotopic (exact) mass is 307 g/mol. The van der Waals surface area contributed by atoms with Crippen molar-refractivity contribution in [2.75, 3.05) is 5.32 Å². The lowest BCUT2D eigenvalue weighted by Crippen LogP contribution is -2.16. The first-order chi connectivity index (χ1) is 8.24. The first-order valence-electron chi connectivity index (χ1n) is 5.03. The van der Waals surface area contributed by atoms with E-state index in [2.05, 4.69) is 21.2 Å². The van der Waals surface area contributed by atoms with Crippen molar-refractivity contribution in [3.05, 3.63) is 59.1 Å². The molecule has 0 aliphatic rings. The summed E-state index contributed by atoms with van der Waals surface area (Å²) >= 11 is 8.48. The fourth-order valence-corrected chi connectivity index (χ4v) is 1.75. The van der Waals surface area contributed by atoms with Gasteiger partial charge in [0, 0.05) is 10.2 Å². The fourth-order valence-electron chi connectivity index (χ4n) is 1.27. The van der Waals surface area contributed by atoms with Crippen LogP contribution in [0.15, 0.2) is 59.1 Å². The number of hydrogen-bond donors (Lipinski definition) is 1. The highest BCUT2D eigenvalue weighted by Crippen LogP contribution is 2.15. The molecular weight excluding hydrogens is 298 g/mol. The van der Waals surface area contributed by atoms with Crippen LogP contribution in [0.1, 0.15) is 0 Å². The molecule has 0 amide bonds. The van der Waals surface area contributed by atoms with Crippen LogP contribution in [0.5, 0.6) is 5.75 Å². The zero-order chi connectivity index (χ0) is 12.1. The number of rotatable bonds is 2. The van der Waals surface area contributed by atoms with Crippen molar-refractivity contribution in [1.82, 2.24) is 0 Å². The molecule has 86 valence electrons. The van der Waals surface area contributed by atoms with Crippen LogP contribution >= 0.6 is 28.1 Å². The summed E-state index contributed by atoms with van der Waals surface area (Å²) < 4.78 is 6.48. The molecule has 0 bridgehead atoms. The number of para-hydroxylation sites is 1. The van der Waals surface area contributed by atoms with E-state index in [4.69, 9.17) is 17.0 Å². The minimum atomic E-state index is 0.332. The highest BCUT2D eigenvalue weighted by atomic mass is 79.9. The van der Waals surface area contributed by atoms with Gasteiger partial charge in [0.2, 0.25) is 0 Å². The number of anilines is 1. The van der Waals surface area contributed by atoms with E-state index in [1.165, 1.54) is 0 Å². The van der Waals surface area contributed by atoms with Crippen LogP contribution in [0, 0.1) is 0 Å². The Kier molecular flexibility index (Phi) is 4.12. The minimum absolute atomic E-state index is 0.332. The van der Waals surface area contributed by atoms with E-state index < -0.39 is 0 Å². The molecule has 2 rings (SSSR count). The van der Waals surface area contributed by atoms with Crippen LogP contribution in [0.3, 0.4) is 0 Å². The Morgan fingerprint density at radius 1 is 1.00 bits per heavy atom. The van der Waals surface area contributed by atoms with Crippen molar-refractivity contribution in [1.29, 1.82) is 0 Å². The lowest BCUT2D eigenvalue weighted by molar-refractivity contribution is 0.563. The van der Waals surface area contributed by atoms with Gasteiger partial charge in [-0.05, 0) is 48.6 Å². The van der Waals surface area contributed by atoms with Gasteiger partial charge in [-0.15, -0.1) is 0 Å². The average molecular weight is 308 g/mol. The number of hydrogen-bond acceptors (Lipinski definition) is 2. The van der Waals surface area contributed by atoms with Gasteiger partial charge in [0.15, 0.2) is 0 Å². The molecule has 0 saturated carbocycles. The topological polar surface area (TPSA) is 21.3 Å². The summed E-state index contributed by atoms with van der Waals surface area (Å²) in [4.78, 5) is 0. The lowest BCUT2D eigenvalue weighted by atomic mass is 10.3. The SMILES string of the molecule is S=C(Nc1ccc(Br)cc1)Oc1ccccc1. The second kappa shape index (κ2) is 5.80. The molecule has 17 heavy (non-hydrogen) atoms. The Balaban J connectivity index is 1.96. The van der Waals surface area contributed by atoms with Crippen molar-refractivity contribution < 1.29 is 4.74 Å². The summed E-state index contributed by atoms with van der Waals surface area (Å²) in [6, 6.07) is 17.2. The molecule has 1 N–H and O–H groups in total. The number of thiocarbonyl (C=S) groups is 1. The number of halogens is 1. The van der Waals surface area contributed by atoms with E-state index in [1.807, 2.05) is 54.6 Å². The third-order valence-corrected chi connectivity index (χ3v) is 2.76. The molecule has 0 saturated heterocycles. The largest absolute Gasteiger partial charge is 0.432 e. The number of benzene rings is 2. The predicted octanol–water partition coefficient (Wildman–Crippen LogP) is 4.22. The van der Waals surface area contributed by atoms with E-state index in [9.17, 15) is 0 Å². The van der Waals surface area contributed by atoms with Crippen LogP contribution in [0.4, 0.5) is 5.69 Å². The molecule has 0 aliphatic carbocycles. The van der Waals surface area contributed by atoms with E-state index >= 15 is 0 Å². The van der Waals surface area contributed by atoms with Crippen LogP contribution in [0.25, 0.3) is 0 Å². The van der Waals surface area contributed by atoms with Crippen molar-refractivity contribution >= 4 is 39.0 Å². The third-order valence-electron chi connectivity index (χ3n) is 2.04. The molecule has 2 nitrogen and oxygen atoms in total. The Labute approximate surface area is 114 Å². The quantitative estimate of drug-likeness (QED) is 0.839. The molecule has 2 aromatic rings. The van der Waals surface area contributed by atoms with Crippen LogP contribution in [-0.2, 0) is 0 Å². The maximum absolute atomic E-state index is 5.46. The molecule has 0 aliphatic heterocycles. The van der Waals surface area contributed by atoms with Gasteiger partial charge >= 0.3 is 0 Å². The molecule has 0 aromatic heterocycles. The van der Waals surface area contributed by atoms with Gasteiger partial charge in [-0.25, -0.2) is 0 Å². The van der Waals surface area contributed by atoms with E-state index in [0.29, 0.717) is 5.17 Å². The van der Waals surface area contributed by atoms with Crippen molar-refractivity contribution in [3.63, 3.8) is 0 Å². The van der Waals surface area contributed by atoms with E-state index in [-0.39, 0.29) is 0 Å². The molecular formula is C13H10BrNOS. The number of ether oxygens (including phenoxy) is 1. The first-order valence-corrected chi connectivity index (χ1v) is 6.23. The summed E-state index contributed by atoms with van der Waals surface area (Å²) in [5.74, 6) is 0.724. The maximum Gasteiger partial charge on any atom is 0.266 e. The highest BCUT2D eigenvalue weighted by molar-refractivity contribution is 9.10. The average Bonchev–Trinajstić information content (AvgIpc) is 2.33. The second-order valence-corrected chi connectivity index (χ2v) is 4.62. The van der Waals surface area contributed by atoms with Gasteiger partial charge in [-0.1, -0.05) is 34.1 Å². The first kappa shape index (κ1) is 12.1. The zero-order valence-electron chi connectivity index (χ0n) is 8.89. The van der Waals surface area contributed by atoms with Crippen molar-refractivity contribution in [2.24, 2.45) is 0 Å². The highest BCUT2D eigenvalue weighted by Gasteiger charge is 2.00. The Morgan fingerprint density at radius 2 is 1.65 bits per heavy atom. The summed E-state index contributed by atoms with van der Waals surface area (Å²) in [6.07, 6.45) is 0. The summed E-state index contributed by atoms with van der Waals surface area (Å²) in [5, 5.41) is 3.34. The molecule has 0 fully saturated rings. The van der Waals surface area contributed by atoms with Crippen LogP contribution < -0.4 is 10.1 Å². The molecule has 0 radical (unpaired) electrons. The van der Waals surface area contributed by atoms with Gasteiger partial charge in [-0.2, -0.15) is 0 Å². The maximum atomic E-state index is 5.46. The molecule has 0 heterocycles. The molecule has 2 aromatic carbocycles. The normalized spacial score (nSPS) is 9.71. The predicted molar refractivity (Wildman–Crippen MR) is 77.4 cm³/mol. The van der Waals surface area contributed by atoms with Crippen LogP contribution in [0.2, 0.25) is 0 Å². The number of nitrogens with one attached hydrogen (secondary N) is 1. The summed E-state index contributed by atoms with van der Waals surface area (Å²) in [6.45, 7) is 0. The van der Waals surface area contributed by atoms with Crippen molar-refractivity contribution in [3.8, 4) is 5.75 Å². The summed E-state index contributed by atoms with van der Waals surface area (Å²) in [7, 11) is 0. The Morgan fingerprint density at radius 3 is 2.29 bits per heavy atom. The lowest BCUT2D eigenvalue weighted by Gasteiger charge is -2.09.